The van der Waals surface area contributed by atoms with Crippen molar-refractivity contribution in [1.82, 2.24) is 8.75 Å². The van der Waals surface area contributed by atoms with Gasteiger partial charge in [-0.25, -0.2) is 0 Å². The molecule has 6 nitrogen and oxygen atoms in total. The fraction of sp³-hybridized carbons (Fsp3) is 0. The molecule has 0 N–H and O–H groups in total. The first-order valence-electron chi connectivity index (χ1n) is 18.1. The van der Waals surface area contributed by atoms with E-state index in [0.29, 0.717) is 0 Å². The predicted octanol–water partition coefficient (Wildman–Crippen LogP) is 14.4. The summed E-state index contributed by atoms with van der Waals surface area (Å²) in [6.45, 7) is 0. The highest BCUT2D eigenvalue weighted by Gasteiger charge is 2.16. The summed E-state index contributed by atoms with van der Waals surface area (Å²) in [6, 6.07) is 70.8. The zero-order valence-electron chi connectivity index (χ0n) is 29.7. The molecule has 0 aliphatic heterocycles. The number of azo groups is 1. The number of hydrogen-bond acceptors (Lipinski definition) is 7. The van der Waals surface area contributed by atoms with E-state index in [2.05, 4.69) is 178 Å². The van der Waals surface area contributed by atoms with Crippen LogP contribution in [-0.2, 0) is 0 Å². The molecular formula is C48H34N6S. The number of anilines is 6. The molecule has 0 aliphatic rings. The number of rotatable bonds is 10. The zero-order valence-corrected chi connectivity index (χ0v) is 30.5. The molecule has 1 aromatic heterocycles. The van der Waals surface area contributed by atoms with E-state index in [9.17, 15) is 0 Å². The van der Waals surface area contributed by atoms with Crippen LogP contribution in [0.5, 0.6) is 0 Å². The van der Waals surface area contributed by atoms with Crippen LogP contribution in [0.2, 0.25) is 0 Å². The van der Waals surface area contributed by atoms with Crippen LogP contribution in [0.1, 0.15) is 0 Å². The molecule has 0 atom stereocenters. The molecule has 0 aliphatic carbocycles. The molecule has 9 aromatic rings. The Balaban J connectivity index is 0.934. The maximum absolute atomic E-state index is 4.75. The molecule has 0 amide bonds. The van der Waals surface area contributed by atoms with E-state index in [1.165, 1.54) is 11.7 Å². The lowest BCUT2D eigenvalue weighted by molar-refractivity contribution is 1.22. The van der Waals surface area contributed by atoms with Gasteiger partial charge in [0.15, 0.2) is 0 Å². The molecule has 1 heterocycles. The normalized spacial score (nSPS) is 11.2. The maximum Gasteiger partial charge on any atom is 0.113 e. The number of aromatic nitrogens is 2. The van der Waals surface area contributed by atoms with Gasteiger partial charge in [-0.15, -0.1) is 0 Å². The van der Waals surface area contributed by atoms with Crippen molar-refractivity contribution in [3.63, 3.8) is 0 Å². The van der Waals surface area contributed by atoms with Gasteiger partial charge in [-0.05, 0) is 108 Å². The first kappa shape index (κ1) is 33.6. The molecule has 0 saturated carbocycles. The van der Waals surface area contributed by atoms with Gasteiger partial charge in [0.05, 0.1) is 23.1 Å². The first-order valence-corrected chi connectivity index (χ1v) is 18.8. The van der Waals surface area contributed by atoms with Gasteiger partial charge in [-0.1, -0.05) is 109 Å². The lowest BCUT2D eigenvalue weighted by atomic mass is 9.97. The molecule has 0 unspecified atom stereocenters. The van der Waals surface area contributed by atoms with Crippen molar-refractivity contribution in [2.45, 2.75) is 0 Å². The van der Waals surface area contributed by atoms with Gasteiger partial charge < -0.3 is 9.80 Å². The second kappa shape index (κ2) is 15.4. The van der Waals surface area contributed by atoms with Gasteiger partial charge in [0.25, 0.3) is 0 Å². The quantitative estimate of drug-likeness (QED) is 0.132. The molecule has 55 heavy (non-hydrogen) atoms. The average Bonchev–Trinajstić information content (AvgIpc) is 3.76. The molecule has 9 rings (SSSR count). The average molecular weight is 727 g/mol. The van der Waals surface area contributed by atoms with Crippen LogP contribution in [0.4, 0.5) is 45.5 Å². The van der Waals surface area contributed by atoms with E-state index in [0.717, 1.165) is 78.8 Å². The highest BCUT2D eigenvalue weighted by molar-refractivity contribution is 7.00. The van der Waals surface area contributed by atoms with Crippen LogP contribution >= 0.6 is 11.7 Å². The summed E-state index contributed by atoms with van der Waals surface area (Å²) in [6.07, 6.45) is 0. The van der Waals surface area contributed by atoms with Crippen molar-refractivity contribution < 1.29 is 0 Å². The Bertz CT molecular complexity index is 2590. The second-order valence-electron chi connectivity index (χ2n) is 12.9. The van der Waals surface area contributed by atoms with Gasteiger partial charge in [0, 0.05) is 45.3 Å². The molecule has 8 aromatic carbocycles. The van der Waals surface area contributed by atoms with Crippen LogP contribution in [0.15, 0.2) is 216 Å². The second-order valence-corrected chi connectivity index (χ2v) is 13.5. The Morgan fingerprint density at radius 2 is 0.600 bits per heavy atom. The number of benzene rings is 8. The van der Waals surface area contributed by atoms with Crippen LogP contribution in [0, 0.1) is 0 Å². The van der Waals surface area contributed by atoms with E-state index in [4.69, 9.17) is 8.75 Å². The summed E-state index contributed by atoms with van der Waals surface area (Å²) in [5.74, 6) is 0. The maximum atomic E-state index is 4.75. The van der Waals surface area contributed by atoms with Gasteiger partial charge >= 0.3 is 0 Å². The standard InChI is InChI=1S/C48H34N6S/c1-5-13-39(14-6-1)53(40-15-7-2-8-16-40)43-29-23-36(24-30-43)46-34-33-45(47-48(46)52-55-51-47)35-21-25-37(26-22-35)49-50-38-27-31-44(32-28-38)54(41-17-9-3-10-18-41)42-19-11-4-12-20-42/h1-34H. The fourth-order valence-electron chi connectivity index (χ4n) is 6.82. The highest BCUT2D eigenvalue weighted by atomic mass is 32.1. The highest BCUT2D eigenvalue weighted by Crippen LogP contribution is 2.39. The molecule has 7 heteroatoms. The van der Waals surface area contributed by atoms with E-state index in [1.807, 2.05) is 48.5 Å². The van der Waals surface area contributed by atoms with Crippen molar-refractivity contribution in [2.24, 2.45) is 10.2 Å². The SMILES string of the molecule is c1ccc(N(c2ccccc2)c2ccc(N=Nc3ccc(-c4ccc(-c5ccc(N(c6ccccc6)c6ccccc6)cc5)c5nsnc45)cc3)cc2)cc1. The molecule has 0 saturated heterocycles. The van der Waals surface area contributed by atoms with Crippen LogP contribution in [0.25, 0.3) is 33.3 Å². The minimum atomic E-state index is 0.771. The van der Waals surface area contributed by atoms with Crippen molar-refractivity contribution in [3.8, 4) is 22.3 Å². The third-order valence-corrected chi connectivity index (χ3v) is 10.0. The van der Waals surface area contributed by atoms with Crippen molar-refractivity contribution in [1.29, 1.82) is 0 Å². The van der Waals surface area contributed by atoms with Gasteiger partial charge in [0.1, 0.15) is 11.0 Å². The lowest BCUT2D eigenvalue weighted by Gasteiger charge is -2.25. The smallest absolute Gasteiger partial charge is 0.113 e. The largest absolute Gasteiger partial charge is 0.311 e. The lowest BCUT2D eigenvalue weighted by Crippen LogP contribution is -2.09. The topological polar surface area (TPSA) is 57.0 Å². The van der Waals surface area contributed by atoms with E-state index in [1.54, 1.807) is 0 Å². The summed E-state index contributed by atoms with van der Waals surface area (Å²) < 4.78 is 9.49. The number of nitrogens with zero attached hydrogens (tertiary/aromatic N) is 6. The monoisotopic (exact) mass is 726 g/mol. The van der Waals surface area contributed by atoms with Crippen LogP contribution in [-0.4, -0.2) is 8.75 Å². The molecular weight excluding hydrogens is 693 g/mol. The van der Waals surface area contributed by atoms with Crippen molar-refractivity contribution in [3.05, 3.63) is 206 Å². The van der Waals surface area contributed by atoms with Crippen molar-refractivity contribution >= 4 is 68.3 Å². The number of fused-ring (bicyclic) bond motifs is 1. The molecule has 0 spiro atoms. The Kier molecular flexibility index (Phi) is 9.41. The molecule has 262 valence electrons. The zero-order chi connectivity index (χ0) is 36.8. The molecule has 0 radical (unpaired) electrons. The Morgan fingerprint density at radius 1 is 0.309 bits per heavy atom. The Hall–Kier alpha value is -7.22. The summed E-state index contributed by atoms with van der Waals surface area (Å²) in [4.78, 5) is 4.49. The first-order chi connectivity index (χ1) is 27.3. The van der Waals surface area contributed by atoms with Gasteiger partial charge in [0.2, 0.25) is 0 Å². The Morgan fingerprint density at radius 3 is 0.964 bits per heavy atom. The van der Waals surface area contributed by atoms with Crippen molar-refractivity contribution in [2.75, 3.05) is 9.80 Å². The Labute approximate surface area is 324 Å². The third kappa shape index (κ3) is 7.12. The molecule has 0 bridgehead atoms. The predicted molar refractivity (Wildman–Crippen MR) is 228 cm³/mol. The van der Waals surface area contributed by atoms with Gasteiger partial charge in [-0.2, -0.15) is 19.0 Å². The van der Waals surface area contributed by atoms with Crippen LogP contribution < -0.4 is 9.80 Å². The number of para-hydroxylation sites is 4. The minimum Gasteiger partial charge on any atom is -0.311 e. The summed E-state index contributed by atoms with van der Waals surface area (Å²) >= 11 is 1.24. The summed E-state index contributed by atoms with van der Waals surface area (Å²) in [5.41, 5.74) is 14.1. The van der Waals surface area contributed by atoms with E-state index < -0.39 is 0 Å². The summed E-state index contributed by atoms with van der Waals surface area (Å²) in [5, 5.41) is 9.09. The fourth-order valence-corrected chi connectivity index (χ4v) is 7.39. The minimum absolute atomic E-state index is 0.771. The van der Waals surface area contributed by atoms with E-state index >= 15 is 0 Å². The van der Waals surface area contributed by atoms with Gasteiger partial charge in [-0.3, -0.25) is 0 Å². The molecule has 0 fully saturated rings. The van der Waals surface area contributed by atoms with E-state index in [-0.39, 0.29) is 0 Å². The number of hydrogen-bond donors (Lipinski definition) is 0. The van der Waals surface area contributed by atoms with Crippen LogP contribution in [0.3, 0.4) is 0 Å². The third-order valence-electron chi connectivity index (χ3n) is 9.48. The summed E-state index contributed by atoms with van der Waals surface area (Å²) in [7, 11) is 0.